The molecule has 2 heterocycles. The molecule has 162 valence electrons. The van der Waals surface area contributed by atoms with Crippen LogP contribution in [0.15, 0.2) is 53.3 Å². The Morgan fingerprint density at radius 2 is 2.13 bits per heavy atom. The quantitative estimate of drug-likeness (QED) is 0.570. The first-order chi connectivity index (χ1) is 14.8. The number of nitrogens with zero attached hydrogens (tertiary/aromatic N) is 2. The predicted molar refractivity (Wildman–Crippen MR) is 106 cm³/mol. The van der Waals surface area contributed by atoms with E-state index >= 15 is 0 Å². The molecule has 0 radical (unpaired) electrons. The summed E-state index contributed by atoms with van der Waals surface area (Å²) >= 11 is 0. The van der Waals surface area contributed by atoms with Crippen molar-refractivity contribution < 1.29 is 31.5 Å². The summed E-state index contributed by atoms with van der Waals surface area (Å²) < 4.78 is 58.0. The summed E-state index contributed by atoms with van der Waals surface area (Å²) in [4.78, 5) is 17.6. The van der Waals surface area contributed by atoms with Crippen LogP contribution in [0.25, 0.3) is 0 Å². The van der Waals surface area contributed by atoms with Gasteiger partial charge >= 0.3 is 12.2 Å². The molecule has 0 aliphatic carbocycles. The molecule has 1 aromatic heterocycles. The zero-order valence-electron chi connectivity index (χ0n) is 16.2. The zero-order chi connectivity index (χ0) is 22.0. The molecule has 0 saturated carbocycles. The number of ether oxygens (including phenoxy) is 2. The number of fused-ring (bicyclic) bond motifs is 1. The molecular weight excluding hydrogens is 431 g/mol. The number of carbonyl (C=O) groups excluding carboxylic acids is 1. The number of oxazole rings is 1. The van der Waals surface area contributed by atoms with Gasteiger partial charge in [0.05, 0.1) is 25.0 Å². The van der Waals surface area contributed by atoms with E-state index in [2.05, 4.69) is 9.71 Å². The summed E-state index contributed by atoms with van der Waals surface area (Å²) in [5.74, 6) is -0.103. The van der Waals surface area contributed by atoms with Crippen molar-refractivity contribution in [2.75, 3.05) is 11.8 Å². The van der Waals surface area contributed by atoms with Gasteiger partial charge in [-0.3, -0.25) is 9.62 Å². The van der Waals surface area contributed by atoms with Crippen molar-refractivity contribution in [3.8, 4) is 17.6 Å². The van der Waals surface area contributed by atoms with Crippen LogP contribution in [-0.4, -0.2) is 31.4 Å². The lowest BCUT2D eigenvalue weighted by Gasteiger charge is -2.28. The Hall–Kier alpha value is -3.64. The lowest BCUT2D eigenvalue weighted by Crippen LogP contribution is -2.36. The molecule has 0 spiro atoms. The Morgan fingerprint density at radius 1 is 1.29 bits per heavy atom. The Balaban J connectivity index is 1.51. The van der Waals surface area contributed by atoms with Gasteiger partial charge in [0.1, 0.15) is 17.8 Å². The van der Waals surface area contributed by atoms with Crippen molar-refractivity contribution in [3.63, 3.8) is 0 Å². The summed E-state index contributed by atoms with van der Waals surface area (Å²) in [5.41, 5.74) is 0.582. The van der Waals surface area contributed by atoms with Crippen molar-refractivity contribution >= 4 is 22.0 Å². The molecule has 1 aliphatic rings. The van der Waals surface area contributed by atoms with E-state index in [1.54, 1.807) is 12.1 Å². The van der Waals surface area contributed by atoms with Crippen LogP contribution in [0, 0.1) is 5.82 Å². The summed E-state index contributed by atoms with van der Waals surface area (Å²) in [6.45, 7) is 0.0488. The number of carbonyl (C=O) groups is 1. The predicted octanol–water partition coefficient (Wildman–Crippen LogP) is 3.00. The third kappa shape index (κ3) is 4.59. The van der Waals surface area contributed by atoms with Gasteiger partial charge in [-0.15, -0.1) is 0 Å². The molecule has 0 saturated heterocycles. The fourth-order valence-corrected chi connectivity index (χ4v) is 3.47. The maximum absolute atomic E-state index is 14.8. The number of rotatable bonds is 7. The molecule has 31 heavy (non-hydrogen) atoms. The second kappa shape index (κ2) is 8.24. The van der Waals surface area contributed by atoms with Gasteiger partial charge in [0.15, 0.2) is 5.82 Å². The monoisotopic (exact) mass is 448 g/mol. The highest BCUT2D eigenvalue weighted by Gasteiger charge is 2.27. The molecule has 0 atom stereocenters. The first-order valence-electron chi connectivity index (χ1n) is 9.00. The maximum atomic E-state index is 14.8. The van der Waals surface area contributed by atoms with E-state index in [0.29, 0.717) is 17.1 Å². The van der Waals surface area contributed by atoms with Crippen LogP contribution in [0.1, 0.15) is 11.1 Å². The molecule has 3 aromatic rings. The van der Waals surface area contributed by atoms with Crippen molar-refractivity contribution in [2.45, 2.75) is 13.1 Å². The third-order valence-corrected chi connectivity index (χ3v) is 5.45. The van der Waals surface area contributed by atoms with Crippen molar-refractivity contribution in [1.82, 2.24) is 14.6 Å². The number of anilines is 1. The zero-order valence-corrected chi connectivity index (χ0v) is 17.0. The normalized spacial score (nSPS) is 13.5. The van der Waals surface area contributed by atoms with Gasteiger partial charge in [0.2, 0.25) is 0 Å². The Bertz CT molecular complexity index is 1220. The average Bonchev–Trinajstić information content (AvgIpc) is 3.24. The Kier molecular flexibility index (Phi) is 5.48. The maximum Gasteiger partial charge on any atom is 0.415 e. The van der Waals surface area contributed by atoms with E-state index in [4.69, 9.17) is 13.9 Å². The van der Waals surface area contributed by atoms with Crippen molar-refractivity contribution in [3.05, 3.63) is 65.8 Å². The molecule has 0 bridgehead atoms. The molecule has 2 N–H and O–H groups in total. The summed E-state index contributed by atoms with van der Waals surface area (Å²) in [5, 5.41) is 0. The smallest absolute Gasteiger partial charge is 0.415 e. The number of halogens is 1. The van der Waals surface area contributed by atoms with Gasteiger partial charge < -0.3 is 13.9 Å². The molecule has 0 fully saturated rings. The molecule has 0 unspecified atom stereocenters. The Labute approximate surface area is 176 Å². The van der Waals surface area contributed by atoms with Crippen LogP contribution < -0.4 is 18.9 Å². The van der Waals surface area contributed by atoms with E-state index in [-0.39, 0.29) is 30.4 Å². The van der Waals surface area contributed by atoms with Crippen LogP contribution in [0.5, 0.6) is 17.6 Å². The van der Waals surface area contributed by atoms with E-state index in [9.17, 15) is 17.6 Å². The molecule has 10 nitrogen and oxygen atoms in total. The fourth-order valence-electron chi connectivity index (χ4n) is 2.92. The SMILES string of the molecule is CNS(=O)(=O)Nc1cccc(CN2Cc3ccc(Oc4ncco4)cc3OC2=O)c1F. The van der Waals surface area contributed by atoms with Gasteiger partial charge in [-0.1, -0.05) is 12.1 Å². The number of benzene rings is 2. The van der Waals surface area contributed by atoms with Crippen LogP contribution in [0.2, 0.25) is 0 Å². The second-order valence-electron chi connectivity index (χ2n) is 6.48. The number of hydrogen-bond acceptors (Lipinski definition) is 7. The highest BCUT2D eigenvalue weighted by atomic mass is 32.2. The lowest BCUT2D eigenvalue weighted by atomic mass is 10.1. The van der Waals surface area contributed by atoms with Crippen LogP contribution in [-0.2, 0) is 23.3 Å². The standard InChI is InChI=1S/C19H17FN4O6S/c1-21-31(26,27)23-15-4-2-3-13(17(15)20)11-24-10-12-5-6-14(9-16(12)30-19(24)25)29-18-22-7-8-28-18/h2-9,21,23H,10-11H2,1H3. The fraction of sp³-hybridized carbons (Fsp3) is 0.158. The summed E-state index contributed by atoms with van der Waals surface area (Å²) in [7, 11) is -2.69. The van der Waals surface area contributed by atoms with Crippen molar-refractivity contribution in [1.29, 1.82) is 0 Å². The average molecular weight is 448 g/mol. The minimum Gasteiger partial charge on any atom is -0.417 e. The highest BCUT2D eigenvalue weighted by Crippen LogP contribution is 2.33. The highest BCUT2D eigenvalue weighted by molar-refractivity contribution is 7.90. The van der Waals surface area contributed by atoms with Gasteiger partial charge in [0, 0.05) is 24.2 Å². The molecule has 12 heteroatoms. The minimum atomic E-state index is -3.89. The molecule has 4 rings (SSSR count). The van der Waals surface area contributed by atoms with E-state index < -0.39 is 22.1 Å². The van der Waals surface area contributed by atoms with E-state index in [1.165, 1.54) is 48.7 Å². The number of hydrogen-bond donors (Lipinski definition) is 2. The molecule has 1 amide bonds. The molecule has 1 aliphatic heterocycles. The number of amides is 1. The summed E-state index contributed by atoms with van der Waals surface area (Å²) in [6, 6.07) is 9.13. The van der Waals surface area contributed by atoms with Gasteiger partial charge in [-0.25, -0.2) is 13.9 Å². The minimum absolute atomic E-state index is 0.0490. The second-order valence-corrected chi connectivity index (χ2v) is 8.10. The van der Waals surface area contributed by atoms with E-state index in [1.807, 2.05) is 4.72 Å². The Morgan fingerprint density at radius 3 is 2.87 bits per heavy atom. The molecular formula is C19H17FN4O6S. The topological polar surface area (TPSA) is 123 Å². The van der Waals surface area contributed by atoms with Crippen LogP contribution in [0.3, 0.4) is 0 Å². The van der Waals surface area contributed by atoms with Crippen molar-refractivity contribution in [2.24, 2.45) is 0 Å². The number of aromatic nitrogens is 1. The summed E-state index contributed by atoms with van der Waals surface area (Å²) in [6.07, 6.45) is 2.17. The first-order valence-corrected chi connectivity index (χ1v) is 10.5. The van der Waals surface area contributed by atoms with Gasteiger partial charge in [0.25, 0.3) is 10.2 Å². The van der Waals surface area contributed by atoms with E-state index in [0.717, 1.165) is 0 Å². The largest absolute Gasteiger partial charge is 0.417 e. The van der Waals surface area contributed by atoms with Crippen LogP contribution in [0.4, 0.5) is 14.9 Å². The van der Waals surface area contributed by atoms with Gasteiger partial charge in [-0.05, 0) is 18.2 Å². The molecule has 2 aromatic carbocycles. The van der Waals surface area contributed by atoms with Crippen LogP contribution >= 0.6 is 0 Å². The lowest BCUT2D eigenvalue weighted by molar-refractivity contribution is 0.134. The first kappa shape index (κ1) is 20.6. The third-order valence-electron chi connectivity index (χ3n) is 4.42. The number of nitrogens with one attached hydrogen (secondary N) is 2. The van der Waals surface area contributed by atoms with Gasteiger partial charge in [-0.2, -0.15) is 13.4 Å².